The number of anilines is 1. The minimum Gasteiger partial charge on any atom is -0.459 e. The molecule has 37 heavy (non-hydrogen) atoms. The number of rotatable bonds is 7. The van der Waals surface area contributed by atoms with E-state index in [1.54, 1.807) is 6.20 Å². The SMILES string of the molecule is Cc1ccc(-c2ccc(C3C(c4ccccn4)NC(=S)N3CCC(=O)Nc3ccccc3C)o2)c(Br)c1. The largest absolute Gasteiger partial charge is 0.459 e. The Labute approximate surface area is 230 Å². The van der Waals surface area contributed by atoms with Crippen molar-refractivity contribution in [2.45, 2.75) is 32.4 Å². The second kappa shape index (κ2) is 10.9. The summed E-state index contributed by atoms with van der Waals surface area (Å²) in [7, 11) is 0. The number of halogens is 1. The Kier molecular flexibility index (Phi) is 7.39. The average Bonchev–Trinajstić information content (AvgIpc) is 3.49. The predicted octanol–water partition coefficient (Wildman–Crippen LogP) is 6.72. The lowest BCUT2D eigenvalue weighted by Gasteiger charge is -2.26. The quantitative estimate of drug-likeness (QED) is 0.239. The number of benzene rings is 2. The molecule has 188 valence electrons. The maximum Gasteiger partial charge on any atom is 0.226 e. The van der Waals surface area contributed by atoms with E-state index >= 15 is 0 Å². The molecule has 3 heterocycles. The molecular weight excluding hydrogens is 548 g/mol. The summed E-state index contributed by atoms with van der Waals surface area (Å²) in [5.41, 5.74) is 4.84. The molecule has 0 radical (unpaired) electrons. The van der Waals surface area contributed by atoms with Gasteiger partial charge in [-0.2, -0.15) is 0 Å². The van der Waals surface area contributed by atoms with Gasteiger partial charge in [0.15, 0.2) is 5.11 Å². The Balaban J connectivity index is 1.42. The number of thiocarbonyl (C=S) groups is 1. The van der Waals surface area contributed by atoms with Crippen molar-refractivity contribution in [3.05, 3.63) is 106 Å². The molecule has 1 fully saturated rings. The van der Waals surface area contributed by atoms with Crippen LogP contribution in [0, 0.1) is 13.8 Å². The van der Waals surface area contributed by atoms with E-state index in [9.17, 15) is 4.79 Å². The zero-order chi connectivity index (χ0) is 25.9. The zero-order valence-electron chi connectivity index (χ0n) is 20.6. The number of nitrogens with one attached hydrogen (secondary N) is 2. The summed E-state index contributed by atoms with van der Waals surface area (Å²) in [4.78, 5) is 19.4. The van der Waals surface area contributed by atoms with Crippen molar-refractivity contribution < 1.29 is 9.21 Å². The second-order valence-corrected chi connectivity index (χ2v) is 10.4. The van der Waals surface area contributed by atoms with Crippen LogP contribution in [0.5, 0.6) is 0 Å². The van der Waals surface area contributed by atoms with Gasteiger partial charge in [-0.15, -0.1) is 0 Å². The molecule has 6 nitrogen and oxygen atoms in total. The molecule has 4 aromatic rings. The maximum atomic E-state index is 12.8. The van der Waals surface area contributed by atoms with Gasteiger partial charge in [-0.25, -0.2) is 0 Å². The summed E-state index contributed by atoms with van der Waals surface area (Å²) >= 11 is 9.40. The normalized spacial score (nSPS) is 17.1. The van der Waals surface area contributed by atoms with Crippen LogP contribution in [0.3, 0.4) is 0 Å². The van der Waals surface area contributed by atoms with Gasteiger partial charge in [0.05, 0.1) is 11.7 Å². The lowest BCUT2D eigenvalue weighted by molar-refractivity contribution is -0.116. The molecule has 1 aliphatic heterocycles. The molecule has 2 N–H and O–H groups in total. The van der Waals surface area contributed by atoms with Crippen LogP contribution in [0.15, 0.2) is 87.9 Å². The first-order valence-electron chi connectivity index (χ1n) is 12.1. The minimum atomic E-state index is -0.258. The van der Waals surface area contributed by atoms with Crippen LogP contribution in [-0.2, 0) is 4.79 Å². The number of hydrogen-bond donors (Lipinski definition) is 2. The number of hydrogen-bond acceptors (Lipinski definition) is 4. The third-order valence-corrected chi connectivity index (χ3v) is 7.51. The monoisotopic (exact) mass is 574 g/mol. The lowest BCUT2D eigenvalue weighted by Crippen LogP contribution is -2.32. The zero-order valence-corrected chi connectivity index (χ0v) is 23.0. The molecule has 0 saturated carbocycles. The molecule has 2 aromatic heterocycles. The molecule has 1 amide bonds. The van der Waals surface area contributed by atoms with Crippen LogP contribution in [-0.4, -0.2) is 27.4 Å². The van der Waals surface area contributed by atoms with Gasteiger partial charge in [0.25, 0.3) is 0 Å². The Hall–Kier alpha value is -3.49. The number of carbonyl (C=O) groups excluding carboxylic acids is 1. The first kappa shape index (κ1) is 25.2. The van der Waals surface area contributed by atoms with Gasteiger partial charge in [0.2, 0.25) is 5.91 Å². The van der Waals surface area contributed by atoms with Crippen molar-refractivity contribution in [1.29, 1.82) is 0 Å². The molecule has 8 heteroatoms. The van der Waals surface area contributed by atoms with E-state index < -0.39 is 0 Å². The minimum absolute atomic E-state index is 0.0687. The van der Waals surface area contributed by atoms with Crippen molar-refractivity contribution >= 4 is 44.9 Å². The van der Waals surface area contributed by atoms with Crippen molar-refractivity contribution in [2.75, 3.05) is 11.9 Å². The maximum absolute atomic E-state index is 12.8. The summed E-state index contributed by atoms with van der Waals surface area (Å²) in [5, 5.41) is 6.99. The summed E-state index contributed by atoms with van der Waals surface area (Å²) in [6.07, 6.45) is 2.05. The summed E-state index contributed by atoms with van der Waals surface area (Å²) in [6.45, 7) is 4.46. The molecule has 0 aliphatic carbocycles. The smallest absolute Gasteiger partial charge is 0.226 e. The number of amides is 1. The fraction of sp³-hybridized carbons (Fsp3) is 0.207. The highest BCUT2D eigenvalue weighted by atomic mass is 79.9. The van der Waals surface area contributed by atoms with Crippen LogP contribution in [0.25, 0.3) is 11.3 Å². The van der Waals surface area contributed by atoms with E-state index in [1.165, 1.54) is 0 Å². The van der Waals surface area contributed by atoms with E-state index in [-0.39, 0.29) is 24.4 Å². The van der Waals surface area contributed by atoms with Crippen molar-refractivity contribution in [3.8, 4) is 11.3 Å². The van der Waals surface area contributed by atoms with Gasteiger partial charge in [0.1, 0.15) is 17.6 Å². The highest BCUT2D eigenvalue weighted by molar-refractivity contribution is 9.10. The molecule has 0 bridgehead atoms. The highest BCUT2D eigenvalue weighted by Crippen LogP contribution is 2.41. The van der Waals surface area contributed by atoms with Gasteiger partial charge in [0, 0.05) is 34.9 Å². The molecule has 2 aromatic carbocycles. The third-order valence-electron chi connectivity index (χ3n) is 6.51. The van der Waals surface area contributed by atoms with E-state index in [0.29, 0.717) is 11.7 Å². The summed E-state index contributed by atoms with van der Waals surface area (Å²) in [5.74, 6) is 1.45. The topological polar surface area (TPSA) is 70.4 Å². The van der Waals surface area contributed by atoms with Crippen molar-refractivity contribution in [1.82, 2.24) is 15.2 Å². The van der Waals surface area contributed by atoms with E-state index in [1.807, 2.05) is 72.5 Å². The number of pyridine rings is 1. The number of aryl methyl sites for hydroxylation is 2. The molecule has 5 rings (SSSR count). The second-order valence-electron chi connectivity index (χ2n) is 9.12. The first-order valence-corrected chi connectivity index (χ1v) is 13.3. The first-order chi connectivity index (χ1) is 17.9. The van der Waals surface area contributed by atoms with Crippen LogP contribution < -0.4 is 10.6 Å². The van der Waals surface area contributed by atoms with Crippen LogP contribution in [0.2, 0.25) is 0 Å². The molecule has 1 aliphatic rings. The molecular formula is C29H27BrN4O2S. The molecule has 2 unspecified atom stereocenters. The van der Waals surface area contributed by atoms with Gasteiger partial charge >= 0.3 is 0 Å². The van der Waals surface area contributed by atoms with Crippen LogP contribution in [0.4, 0.5) is 5.69 Å². The van der Waals surface area contributed by atoms with Gasteiger partial charge in [-0.1, -0.05) is 46.3 Å². The Morgan fingerprint density at radius 1 is 1.11 bits per heavy atom. The predicted molar refractivity (Wildman–Crippen MR) is 153 cm³/mol. The molecule has 1 saturated heterocycles. The number of furan rings is 1. The number of aromatic nitrogens is 1. The third kappa shape index (κ3) is 5.45. The fourth-order valence-electron chi connectivity index (χ4n) is 4.58. The Bertz CT molecular complexity index is 1440. The van der Waals surface area contributed by atoms with Crippen molar-refractivity contribution in [3.63, 3.8) is 0 Å². The molecule has 2 atom stereocenters. The van der Waals surface area contributed by atoms with Gasteiger partial charge in [-0.05, 0) is 79.7 Å². The number of para-hydroxylation sites is 1. The summed E-state index contributed by atoms with van der Waals surface area (Å²) in [6, 6.07) is 23.2. The van der Waals surface area contributed by atoms with Gasteiger partial charge in [-0.3, -0.25) is 9.78 Å². The van der Waals surface area contributed by atoms with Gasteiger partial charge < -0.3 is 20.0 Å². The average molecular weight is 576 g/mol. The van der Waals surface area contributed by atoms with E-state index in [2.05, 4.69) is 50.6 Å². The van der Waals surface area contributed by atoms with E-state index in [4.69, 9.17) is 16.6 Å². The number of carbonyl (C=O) groups is 1. The standard InChI is InChI=1S/C29H27BrN4O2S/c1-18-10-11-20(21(30)17-18)24-12-13-25(36-24)28-27(23-9-5-6-15-31-23)33-29(37)34(28)16-14-26(35)32-22-8-4-3-7-19(22)2/h3-13,15,17,27-28H,14,16H2,1-2H3,(H,32,35)(H,33,37). The fourth-order valence-corrected chi connectivity index (χ4v) is 5.60. The number of nitrogens with zero attached hydrogens (tertiary/aromatic N) is 2. The summed E-state index contributed by atoms with van der Waals surface area (Å²) < 4.78 is 7.39. The van der Waals surface area contributed by atoms with Crippen molar-refractivity contribution in [2.24, 2.45) is 0 Å². The molecule has 0 spiro atoms. The Morgan fingerprint density at radius 3 is 2.68 bits per heavy atom. The Morgan fingerprint density at radius 2 is 1.92 bits per heavy atom. The van der Waals surface area contributed by atoms with Crippen LogP contribution >= 0.6 is 28.1 Å². The lowest BCUT2D eigenvalue weighted by atomic mass is 10.0. The van der Waals surface area contributed by atoms with E-state index in [0.717, 1.165) is 44.1 Å². The highest BCUT2D eigenvalue weighted by Gasteiger charge is 2.41. The van der Waals surface area contributed by atoms with Crippen LogP contribution in [0.1, 0.15) is 41.1 Å².